The van der Waals surface area contributed by atoms with Crippen LogP contribution in [0.15, 0.2) is 53.7 Å². The van der Waals surface area contributed by atoms with E-state index in [0.29, 0.717) is 0 Å². The van der Waals surface area contributed by atoms with Crippen LogP contribution in [0.1, 0.15) is 79.5 Å². The van der Waals surface area contributed by atoms with E-state index in [1.54, 1.807) is 17.1 Å². The standard InChI is InChI=1S/C11H16N4.C8H14N2.C7H11NO/c1-11(2,3)10-5-6-15(13-10)9-7-12-14(4)8-9;1-8(2,3)7-5-6-10(4)9-7;1-7(2,3)6-4-5-8-9-6/h5-8H,1-4H3;5-6H,1-4H3;4-5H,1-3H3. The van der Waals surface area contributed by atoms with Crippen molar-refractivity contribution < 1.29 is 4.52 Å². The van der Waals surface area contributed by atoms with Crippen LogP contribution in [-0.4, -0.2) is 34.5 Å². The maximum atomic E-state index is 4.95. The SMILES string of the molecule is CC(C)(C)c1ccno1.Cn1cc(-n2ccc(C(C)(C)C)n2)cn1.Cn1ccc(C(C)(C)C)n1. The monoisotopic (exact) mass is 467 g/mol. The molecule has 0 saturated carbocycles. The second-order valence-corrected chi connectivity index (χ2v) is 11.5. The molecule has 0 aliphatic heterocycles. The lowest BCUT2D eigenvalue weighted by molar-refractivity contribution is 0.329. The predicted molar refractivity (Wildman–Crippen MR) is 136 cm³/mol. The van der Waals surface area contributed by atoms with Crippen molar-refractivity contribution in [3.63, 3.8) is 0 Å². The Labute approximate surface area is 204 Å². The Bertz CT molecular complexity index is 1130. The van der Waals surface area contributed by atoms with Crippen molar-refractivity contribution in [2.45, 2.75) is 78.6 Å². The van der Waals surface area contributed by atoms with E-state index in [9.17, 15) is 0 Å². The highest BCUT2D eigenvalue weighted by Crippen LogP contribution is 2.21. The van der Waals surface area contributed by atoms with Crippen molar-refractivity contribution in [2.75, 3.05) is 0 Å². The smallest absolute Gasteiger partial charge is 0.142 e. The lowest BCUT2D eigenvalue weighted by Crippen LogP contribution is -2.12. The van der Waals surface area contributed by atoms with Gasteiger partial charge in [-0.1, -0.05) is 67.5 Å². The first-order valence-electron chi connectivity index (χ1n) is 11.5. The summed E-state index contributed by atoms with van der Waals surface area (Å²) in [6.45, 7) is 19.2. The molecule has 0 fully saturated rings. The number of rotatable bonds is 1. The van der Waals surface area contributed by atoms with Gasteiger partial charge in [0.2, 0.25) is 0 Å². The normalized spacial score (nSPS) is 12.0. The van der Waals surface area contributed by atoms with Crippen molar-refractivity contribution in [3.8, 4) is 5.69 Å². The Morgan fingerprint density at radius 1 is 0.706 bits per heavy atom. The van der Waals surface area contributed by atoms with Gasteiger partial charge in [-0.05, 0) is 12.1 Å². The first-order valence-corrected chi connectivity index (χ1v) is 11.5. The van der Waals surface area contributed by atoms with Crippen LogP contribution in [-0.2, 0) is 30.3 Å². The predicted octanol–water partition coefficient (Wildman–Crippen LogP) is 5.59. The molecule has 0 N–H and O–H groups in total. The second kappa shape index (κ2) is 10.4. The van der Waals surface area contributed by atoms with E-state index in [-0.39, 0.29) is 16.2 Å². The highest BCUT2D eigenvalue weighted by molar-refractivity contribution is 5.25. The van der Waals surface area contributed by atoms with Crippen LogP contribution >= 0.6 is 0 Å². The fourth-order valence-corrected chi connectivity index (χ4v) is 2.81. The summed E-state index contributed by atoms with van der Waals surface area (Å²) in [5.41, 5.74) is 3.60. The van der Waals surface area contributed by atoms with Gasteiger partial charge in [0.25, 0.3) is 0 Å². The Kier molecular flexibility index (Phi) is 8.29. The van der Waals surface area contributed by atoms with E-state index >= 15 is 0 Å². The molecular weight excluding hydrogens is 426 g/mol. The largest absolute Gasteiger partial charge is 0.361 e. The zero-order valence-electron chi connectivity index (χ0n) is 22.7. The molecule has 0 bridgehead atoms. The van der Waals surface area contributed by atoms with Crippen LogP contribution in [0.3, 0.4) is 0 Å². The van der Waals surface area contributed by atoms with Crippen molar-refractivity contribution in [2.24, 2.45) is 14.1 Å². The minimum Gasteiger partial charge on any atom is -0.361 e. The average molecular weight is 468 g/mol. The molecule has 0 saturated heterocycles. The van der Waals surface area contributed by atoms with E-state index in [4.69, 9.17) is 4.52 Å². The summed E-state index contributed by atoms with van der Waals surface area (Å²) < 4.78 is 10.4. The van der Waals surface area contributed by atoms with Crippen LogP contribution in [0.5, 0.6) is 0 Å². The Hall–Kier alpha value is -3.16. The van der Waals surface area contributed by atoms with Gasteiger partial charge in [-0.3, -0.25) is 9.36 Å². The first kappa shape index (κ1) is 27.1. The summed E-state index contributed by atoms with van der Waals surface area (Å²) >= 11 is 0. The van der Waals surface area contributed by atoms with Crippen LogP contribution in [0, 0.1) is 0 Å². The van der Waals surface area contributed by atoms with Gasteiger partial charge in [-0.2, -0.15) is 15.3 Å². The molecule has 186 valence electrons. The number of nitrogens with zero attached hydrogens (tertiary/aromatic N) is 7. The zero-order chi connectivity index (χ0) is 25.7. The molecule has 0 unspecified atom stereocenters. The molecule has 0 atom stereocenters. The molecule has 0 spiro atoms. The third kappa shape index (κ3) is 8.01. The van der Waals surface area contributed by atoms with E-state index in [1.807, 2.05) is 54.2 Å². The van der Waals surface area contributed by atoms with Crippen molar-refractivity contribution in [1.29, 1.82) is 0 Å². The first-order chi connectivity index (χ1) is 15.6. The third-order valence-electron chi connectivity index (χ3n) is 4.97. The van der Waals surface area contributed by atoms with Gasteiger partial charge >= 0.3 is 0 Å². The molecule has 8 heteroatoms. The van der Waals surface area contributed by atoms with Gasteiger partial charge in [0, 0.05) is 48.8 Å². The molecule has 0 amide bonds. The second-order valence-electron chi connectivity index (χ2n) is 11.5. The lowest BCUT2D eigenvalue weighted by Gasteiger charge is -2.14. The maximum absolute atomic E-state index is 4.95. The molecule has 0 aliphatic rings. The van der Waals surface area contributed by atoms with Gasteiger partial charge in [0.05, 0.1) is 30.0 Å². The third-order valence-corrected chi connectivity index (χ3v) is 4.97. The van der Waals surface area contributed by atoms with Gasteiger partial charge in [0.1, 0.15) is 11.4 Å². The highest BCUT2D eigenvalue weighted by atomic mass is 16.5. The lowest BCUT2D eigenvalue weighted by atomic mass is 9.93. The molecule has 4 rings (SSSR count). The Morgan fingerprint density at radius 3 is 1.62 bits per heavy atom. The molecule has 0 radical (unpaired) electrons. The molecular formula is C26H41N7O. The van der Waals surface area contributed by atoms with E-state index in [0.717, 1.165) is 22.8 Å². The summed E-state index contributed by atoms with van der Waals surface area (Å²) in [5.74, 6) is 0.933. The van der Waals surface area contributed by atoms with Crippen LogP contribution in [0.4, 0.5) is 0 Å². The summed E-state index contributed by atoms with van der Waals surface area (Å²) in [6, 6.07) is 5.99. The van der Waals surface area contributed by atoms with Crippen molar-refractivity contribution >= 4 is 0 Å². The van der Waals surface area contributed by atoms with E-state index < -0.39 is 0 Å². The maximum Gasteiger partial charge on any atom is 0.142 e. The van der Waals surface area contributed by atoms with Gasteiger partial charge in [-0.15, -0.1) is 0 Å². The summed E-state index contributed by atoms with van der Waals surface area (Å²) in [5, 5.41) is 16.6. The Morgan fingerprint density at radius 2 is 1.29 bits per heavy atom. The zero-order valence-corrected chi connectivity index (χ0v) is 22.7. The number of hydrogen-bond donors (Lipinski definition) is 0. The molecule has 0 aliphatic carbocycles. The van der Waals surface area contributed by atoms with Gasteiger partial charge < -0.3 is 4.52 Å². The Balaban J connectivity index is 0.000000189. The van der Waals surface area contributed by atoms with Crippen LogP contribution in [0.25, 0.3) is 5.69 Å². The summed E-state index contributed by atoms with van der Waals surface area (Å²) in [4.78, 5) is 0. The number of aromatic nitrogens is 7. The summed E-state index contributed by atoms with van der Waals surface area (Å²) in [7, 11) is 3.84. The molecule has 8 nitrogen and oxygen atoms in total. The fraction of sp³-hybridized carbons (Fsp3) is 0.538. The van der Waals surface area contributed by atoms with E-state index in [1.165, 1.54) is 0 Å². The van der Waals surface area contributed by atoms with Crippen molar-refractivity contribution in [3.05, 3.63) is 66.3 Å². The molecule has 34 heavy (non-hydrogen) atoms. The topological polar surface area (TPSA) is 79.5 Å². The van der Waals surface area contributed by atoms with Crippen LogP contribution < -0.4 is 0 Å². The number of aryl methyl sites for hydroxylation is 2. The quantitative estimate of drug-likeness (QED) is 0.364. The summed E-state index contributed by atoms with van der Waals surface area (Å²) in [6.07, 6.45) is 9.36. The van der Waals surface area contributed by atoms with Crippen LogP contribution in [0.2, 0.25) is 0 Å². The molecule has 0 aromatic carbocycles. The minimum absolute atomic E-state index is 0.0907. The number of hydrogen-bond acceptors (Lipinski definition) is 5. The van der Waals surface area contributed by atoms with Gasteiger partial charge in [-0.25, -0.2) is 4.68 Å². The highest BCUT2D eigenvalue weighted by Gasteiger charge is 2.18. The van der Waals surface area contributed by atoms with Gasteiger partial charge in [0.15, 0.2) is 0 Å². The molecule has 4 heterocycles. The van der Waals surface area contributed by atoms with E-state index in [2.05, 4.69) is 88.8 Å². The molecule has 4 aromatic heterocycles. The minimum atomic E-state index is 0.0907. The fourth-order valence-electron chi connectivity index (χ4n) is 2.81. The average Bonchev–Trinajstić information content (AvgIpc) is 3.48. The molecule has 4 aromatic rings. The van der Waals surface area contributed by atoms with Crippen molar-refractivity contribution in [1.82, 2.24) is 34.5 Å².